The van der Waals surface area contributed by atoms with E-state index in [9.17, 15) is 0 Å². The third kappa shape index (κ3) is 4.42. The van der Waals surface area contributed by atoms with Gasteiger partial charge in [-0.1, -0.05) is 24.9 Å². The fourth-order valence-electron chi connectivity index (χ4n) is 1.52. The van der Waals surface area contributed by atoms with E-state index in [-0.39, 0.29) is 6.04 Å². The molecule has 0 aliphatic rings. The maximum absolute atomic E-state index is 5.97. The van der Waals surface area contributed by atoms with E-state index in [4.69, 9.17) is 22.1 Å². The standard InChI is InChI=1S/C13H20ClNO/c1-3-4-7-16-13-6-5-12(14)9-11(13)8-10(2)15/h5-6,9-10H,3-4,7-8,15H2,1-2H3. The molecule has 0 saturated carbocycles. The highest BCUT2D eigenvalue weighted by Gasteiger charge is 2.07. The van der Waals surface area contributed by atoms with Crippen LogP contribution in [-0.4, -0.2) is 12.6 Å². The van der Waals surface area contributed by atoms with Gasteiger partial charge in [0.2, 0.25) is 0 Å². The van der Waals surface area contributed by atoms with E-state index in [1.165, 1.54) is 0 Å². The number of unbranched alkanes of at least 4 members (excludes halogenated alkanes) is 1. The van der Waals surface area contributed by atoms with Crippen LogP contribution in [0.1, 0.15) is 32.3 Å². The van der Waals surface area contributed by atoms with Crippen molar-refractivity contribution in [2.24, 2.45) is 5.73 Å². The summed E-state index contributed by atoms with van der Waals surface area (Å²) < 4.78 is 5.72. The minimum Gasteiger partial charge on any atom is -0.493 e. The second-order valence-corrected chi connectivity index (χ2v) is 4.57. The first-order chi connectivity index (χ1) is 7.63. The fraction of sp³-hybridized carbons (Fsp3) is 0.538. The molecule has 1 aromatic rings. The Kier molecular flexibility index (Phi) is 5.64. The number of benzene rings is 1. The van der Waals surface area contributed by atoms with E-state index in [0.717, 1.165) is 42.2 Å². The predicted molar refractivity (Wildman–Crippen MR) is 69.2 cm³/mol. The van der Waals surface area contributed by atoms with Crippen LogP contribution in [0.4, 0.5) is 0 Å². The van der Waals surface area contributed by atoms with Crippen molar-refractivity contribution < 1.29 is 4.74 Å². The zero-order valence-corrected chi connectivity index (χ0v) is 10.8. The molecule has 90 valence electrons. The molecule has 2 N–H and O–H groups in total. The van der Waals surface area contributed by atoms with Crippen molar-refractivity contribution in [1.29, 1.82) is 0 Å². The van der Waals surface area contributed by atoms with Crippen molar-refractivity contribution in [2.75, 3.05) is 6.61 Å². The lowest BCUT2D eigenvalue weighted by molar-refractivity contribution is 0.306. The third-order valence-corrected chi connectivity index (χ3v) is 2.55. The van der Waals surface area contributed by atoms with E-state index in [2.05, 4.69) is 6.92 Å². The van der Waals surface area contributed by atoms with Gasteiger partial charge in [0.1, 0.15) is 5.75 Å². The lowest BCUT2D eigenvalue weighted by Crippen LogP contribution is -2.18. The summed E-state index contributed by atoms with van der Waals surface area (Å²) in [5.74, 6) is 0.912. The molecular formula is C13H20ClNO. The number of ether oxygens (including phenoxy) is 1. The number of rotatable bonds is 6. The molecule has 0 aliphatic heterocycles. The molecule has 0 heterocycles. The Morgan fingerprint density at radius 2 is 2.19 bits per heavy atom. The monoisotopic (exact) mass is 241 g/mol. The normalized spacial score (nSPS) is 12.5. The van der Waals surface area contributed by atoms with Crippen LogP contribution in [-0.2, 0) is 6.42 Å². The first kappa shape index (κ1) is 13.3. The maximum Gasteiger partial charge on any atom is 0.122 e. The second-order valence-electron chi connectivity index (χ2n) is 4.14. The minimum atomic E-state index is 0.118. The van der Waals surface area contributed by atoms with E-state index in [0.29, 0.717) is 0 Å². The molecule has 0 amide bonds. The molecular weight excluding hydrogens is 222 g/mol. The SMILES string of the molecule is CCCCOc1ccc(Cl)cc1CC(C)N. The van der Waals surface area contributed by atoms with Crippen molar-refractivity contribution in [3.05, 3.63) is 28.8 Å². The molecule has 16 heavy (non-hydrogen) atoms. The summed E-state index contributed by atoms with van der Waals surface area (Å²) in [6.45, 7) is 4.88. The van der Waals surface area contributed by atoms with Gasteiger partial charge in [-0.3, -0.25) is 0 Å². The lowest BCUT2D eigenvalue weighted by Gasteiger charge is -2.13. The summed E-state index contributed by atoms with van der Waals surface area (Å²) in [6, 6.07) is 5.84. The molecule has 3 heteroatoms. The molecule has 0 radical (unpaired) electrons. The predicted octanol–water partition coefficient (Wildman–Crippen LogP) is 3.41. The summed E-state index contributed by atoms with van der Waals surface area (Å²) in [5, 5.41) is 0.735. The average Bonchev–Trinajstić information content (AvgIpc) is 2.20. The molecule has 0 fully saturated rings. The van der Waals surface area contributed by atoms with Gasteiger partial charge in [0.15, 0.2) is 0 Å². The number of nitrogens with two attached hydrogens (primary N) is 1. The Balaban J connectivity index is 2.72. The van der Waals surface area contributed by atoms with Crippen LogP contribution >= 0.6 is 11.6 Å². The van der Waals surface area contributed by atoms with Crippen LogP contribution in [0.5, 0.6) is 5.75 Å². The van der Waals surface area contributed by atoms with Crippen LogP contribution in [0.15, 0.2) is 18.2 Å². The highest BCUT2D eigenvalue weighted by molar-refractivity contribution is 6.30. The molecule has 0 bridgehead atoms. The molecule has 1 aromatic carbocycles. The first-order valence-electron chi connectivity index (χ1n) is 5.80. The molecule has 0 aromatic heterocycles. The Morgan fingerprint density at radius 1 is 1.44 bits per heavy atom. The Bertz CT molecular complexity index is 326. The molecule has 1 rings (SSSR count). The van der Waals surface area contributed by atoms with Gasteiger partial charge >= 0.3 is 0 Å². The first-order valence-corrected chi connectivity index (χ1v) is 6.18. The van der Waals surface area contributed by atoms with E-state index < -0.39 is 0 Å². The van der Waals surface area contributed by atoms with Crippen LogP contribution in [0, 0.1) is 0 Å². The van der Waals surface area contributed by atoms with E-state index >= 15 is 0 Å². The Labute approximate surface area is 103 Å². The molecule has 0 saturated heterocycles. The smallest absolute Gasteiger partial charge is 0.122 e. The van der Waals surface area contributed by atoms with Gasteiger partial charge in [0.25, 0.3) is 0 Å². The van der Waals surface area contributed by atoms with Crippen LogP contribution in [0.3, 0.4) is 0 Å². The molecule has 0 spiro atoms. The third-order valence-electron chi connectivity index (χ3n) is 2.32. The molecule has 1 unspecified atom stereocenters. The van der Waals surface area contributed by atoms with Gasteiger partial charge in [0, 0.05) is 11.1 Å². The molecule has 2 nitrogen and oxygen atoms in total. The van der Waals surface area contributed by atoms with Crippen LogP contribution in [0.2, 0.25) is 5.02 Å². The fourth-order valence-corrected chi connectivity index (χ4v) is 1.72. The highest BCUT2D eigenvalue weighted by atomic mass is 35.5. The summed E-state index contributed by atoms with van der Waals surface area (Å²) in [7, 11) is 0. The molecule has 1 atom stereocenters. The Hall–Kier alpha value is -0.730. The molecule has 0 aliphatic carbocycles. The minimum absolute atomic E-state index is 0.118. The van der Waals surface area contributed by atoms with Crippen molar-refractivity contribution in [1.82, 2.24) is 0 Å². The zero-order chi connectivity index (χ0) is 12.0. The van der Waals surface area contributed by atoms with Gasteiger partial charge < -0.3 is 10.5 Å². The van der Waals surface area contributed by atoms with E-state index in [1.807, 2.05) is 25.1 Å². The summed E-state index contributed by atoms with van der Waals surface area (Å²) in [4.78, 5) is 0. The van der Waals surface area contributed by atoms with Gasteiger partial charge in [-0.05, 0) is 43.5 Å². The van der Waals surface area contributed by atoms with Gasteiger partial charge in [0.05, 0.1) is 6.61 Å². The maximum atomic E-state index is 5.97. The summed E-state index contributed by atoms with van der Waals surface area (Å²) >= 11 is 5.97. The highest BCUT2D eigenvalue weighted by Crippen LogP contribution is 2.24. The zero-order valence-electron chi connectivity index (χ0n) is 10.0. The Morgan fingerprint density at radius 3 is 2.81 bits per heavy atom. The largest absolute Gasteiger partial charge is 0.493 e. The van der Waals surface area contributed by atoms with Crippen molar-refractivity contribution in [2.45, 2.75) is 39.2 Å². The average molecular weight is 242 g/mol. The van der Waals surface area contributed by atoms with Crippen LogP contribution < -0.4 is 10.5 Å². The number of halogens is 1. The summed E-state index contributed by atoms with van der Waals surface area (Å²) in [6.07, 6.45) is 3.00. The van der Waals surface area contributed by atoms with E-state index in [1.54, 1.807) is 0 Å². The lowest BCUT2D eigenvalue weighted by atomic mass is 10.1. The van der Waals surface area contributed by atoms with Crippen molar-refractivity contribution in [3.8, 4) is 5.75 Å². The van der Waals surface area contributed by atoms with Crippen molar-refractivity contribution in [3.63, 3.8) is 0 Å². The number of hydrogen-bond donors (Lipinski definition) is 1. The topological polar surface area (TPSA) is 35.2 Å². The summed E-state index contributed by atoms with van der Waals surface area (Å²) in [5.41, 5.74) is 6.90. The quantitative estimate of drug-likeness (QED) is 0.775. The van der Waals surface area contributed by atoms with Gasteiger partial charge in [-0.25, -0.2) is 0 Å². The van der Waals surface area contributed by atoms with Gasteiger partial charge in [-0.15, -0.1) is 0 Å². The number of hydrogen-bond acceptors (Lipinski definition) is 2. The second kappa shape index (κ2) is 6.77. The van der Waals surface area contributed by atoms with Gasteiger partial charge in [-0.2, -0.15) is 0 Å². The van der Waals surface area contributed by atoms with Crippen molar-refractivity contribution >= 4 is 11.6 Å². The van der Waals surface area contributed by atoms with Crippen LogP contribution in [0.25, 0.3) is 0 Å².